The van der Waals surface area contributed by atoms with Crippen LogP contribution in [0.25, 0.3) is 22.1 Å². The third-order valence-electron chi connectivity index (χ3n) is 4.30. The Balaban J connectivity index is 1.61. The number of para-hydroxylation sites is 1. The van der Waals surface area contributed by atoms with E-state index in [1.54, 1.807) is 18.3 Å². The molecule has 0 radical (unpaired) electrons. The predicted molar refractivity (Wildman–Crippen MR) is 107 cm³/mol. The van der Waals surface area contributed by atoms with E-state index in [1.807, 2.05) is 24.3 Å². The number of nitro groups is 1. The van der Waals surface area contributed by atoms with Crippen LogP contribution in [-0.2, 0) is 6.54 Å². The largest absolute Gasteiger partial charge is 0.324 e. The van der Waals surface area contributed by atoms with Gasteiger partial charge in [0, 0.05) is 24.1 Å². The number of hydrogen-bond donors (Lipinski definition) is 1. The second-order valence-electron chi connectivity index (χ2n) is 6.20. The van der Waals surface area contributed by atoms with Gasteiger partial charge < -0.3 is 4.57 Å². The maximum absolute atomic E-state index is 10.7. The van der Waals surface area contributed by atoms with Crippen LogP contribution in [0.5, 0.6) is 0 Å². The fraction of sp³-hybridized carbons (Fsp3) is 0.158. The summed E-state index contributed by atoms with van der Waals surface area (Å²) in [6.45, 7) is 2.94. The van der Waals surface area contributed by atoms with E-state index in [2.05, 4.69) is 37.2 Å². The lowest BCUT2D eigenvalue weighted by molar-refractivity contribution is -0.384. The summed E-state index contributed by atoms with van der Waals surface area (Å²) in [5.41, 5.74) is 6.11. The van der Waals surface area contributed by atoms with Gasteiger partial charge in [-0.25, -0.2) is 5.43 Å². The zero-order valence-corrected chi connectivity index (χ0v) is 15.1. The second kappa shape index (κ2) is 7.39. The van der Waals surface area contributed by atoms with Gasteiger partial charge in [0.25, 0.3) is 11.6 Å². The van der Waals surface area contributed by atoms with Crippen molar-refractivity contribution in [3.8, 4) is 0 Å². The van der Waals surface area contributed by atoms with Gasteiger partial charge >= 0.3 is 0 Å². The van der Waals surface area contributed by atoms with Crippen molar-refractivity contribution in [3.63, 3.8) is 0 Å². The Hall–Kier alpha value is -3.88. The molecule has 0 aliphatic carbocycles. The number of nitrogens with one attached hydrogen (secondary N) is 1. The minimum Gasteiger partial charge on any atom is -0.324 e. The van der Waals surface area contributed by atoms with Crippen molar-refractivity contribution in [1.82, 2.24) is 19.7 Å². The van der Waals surface area contributed by atoms with Crippen molar-refractivity contribution >= 4 is 39.9 Å². The topological polar surface area (TPSA) is 111 Å². The number of benzene rings is 2. The van der Waals surface area contributed by atoms with E-state index < -0.39 is 4.92 Å². The van der Waals surface area contributed by atoms with Gasteiger partial charge in [0.2, 0.25) is 0 Å². The molecule has 0 aliphatic rings. The number of aromatic nitrogens is 4. The van der Waals surface area contributed by atoms with Crippen LogP contribution in [0.3, 0.4) is 0 Å². The Labute approximate surface area is 159 Å². The molecule has 9 heteroatoms. The molecular weight excluding hydrogens is 358 g/mol. The van der Waals surface area contributed by atoms with E-state index in [0.717, 1.165) is 35.0 Å². The molecule has 0 bridgehead atoms. The van der Waals surface area contributed by atoms with Gasteiger partial charge in [0.1, 0.15) is 5.52 Å². The predicted octanol–water partition coefficient (Wildman–Crippen LogP) is 3.74. The number of rotatable bonds is 6. The van der Waals surface area contributed by atoms with Crippen molar-refractivity contribution in [1.29, 1.82) is 0 Å². The average molecular weight is 375 g/mol. The minimum atomic E-state index is -0.441. The molecule has 0 unspecified atom stereocenters. The minimum absolute atomic E-state index is 0.0341. The maximum Gasteiger partial charge on any atom is 0.269 e. The van der Waals surface area contributed by atoms with Gasteiger partial charge in [-0.15, -0.1) is 10.2 Å². The second-order valence-corrected chi connectivity index (χ2v) is 6.20. The molecule has 0 aliphatic heterocycles. The lowest BCUT2D eigenvalue weighted by Crippen LogP contribution is -2.03. The summed E-state index contributed by atoms with van der Waals surface area (Å²) in [7, 11) is 0. The Morgan fingerprint density at radius 1 is 1.18 bits per heavy atom. The van der Waals surface area contributed by atoms with E-state index in [0.29, 0.717) is 5.56 Å². The number of hydrogen-bond acceptors (Lipinski definition) is 7. The highest BCUT2D eigenvalue weighted by Gasteiger charge is 2.13. The van der Waals surface area contributed by atoms with Crippen LogP contribution in [0.15, 0.2) is 53.6 Å². The molecule has 0 amide bonds. The Bertz CT molecular complexity index is 1180. The molecule has 9 nitrogen and oxygen atoms in total. The van der Waals surface area contributed by atoms with Crippen LogP contribution in [0.4, 0.5) is 11.6 Å². The Morgan fingerprint density at radius 3 is 2.71 bits per heavy atom. The Morgan fingerprint density at radius 2 is 1.96 bits per heavy atom. The zero-order chi connectivity index (χ0) is 19.5. The molecule has 0 fully saturated rings. The van der Waals surface area contributed by atoms with Crippen molar-refractivity contribution in [2.75, 3.05) is 5.43 Å². The molecule has 1 N–H and O–H groups in total. The van der Waals surface area contributed by atoms with E-state index in [1.165, 1.54) is 12.1 Å². The fourth-order valence-corrected chi connectivity index (χ4v) is 3.05. The molecule has 0 spiro atoms. The summed E-state index contributed by atoms with van der Waals surface area (Å²) in [5.74, 6) is 0.283. The van der Waals surface area contributed by atoms with Crippen LogP contribution in [0, 0.1) is 10.1 Å². The summed E-state index contributed by atoms with van der Waals surface area (Å²) in [5, 5.41) is 24.2. The first-order valence-corrected chi connectivity index (χ1v) is 8.82. The molecule has 28 heavy (non-hydrogen) atoms. The van der Waals surface area contributed by atoms with Crippen LogP contribution in [0.2, 0.25) is 0 Å². The van der Waals surface area contributed by atoms with Gasteiger partial charge in [-0.2, -0.15) is 10.1 Å². The summed E-state index contributed by atoms with van der Waals surface area (Å²) < 4.78 is 2.13. The van der Waals surface area contributed by atoms with Crippen molar-refractivity contribution in [2.24, 2.45) is 5.10 Å². The molecule has 4 aromatic rings. The van der Waals surface area contributed by atoms with Gasteiger partial charge in [-0.3, -0.25) is 10.1 Å². The number of anilines is 1. The lowest BCUT2D eigenvalue weighted by atomic mass is 10.2. The number of non-ortho nitro benzene ring substituents is 1. The van der Waals surface area contributed by atoms with E-state index in [9.17, 15) is 10.1 Å². The normalized spacial score (nSPS) is 11.5. The number of fused-ring (bicyclic) bond motifs is 3. The molecule has 0 saturated carbocycles. The monoisotopic (exact) mass is 375 g/mol. The van der Waals surface area contributed by atoms with Gasteiger partial charge in [-0.1, -0.05) is 25.1 Å². The lowest BCUT2D eigenvalue weighted by Gasteiger charge is -2.04. The van der Waals surface area contributed by atoms with Crippen LogP contribution < -0.4 is 5.43 Å². The average Bonchev–Trinajstić information content (AvgIpc) is 3.02. The first-order chi connectivity index (χ1) is 13.7. The first kappa shape index (κ1) is 17.5. The smallest absolute Gasteiger partial charge is 0.269 e. The standard InChI is InChI=1S/C19H17N7O2/c1-2-11-25-16-6-4-3-5-15(16)17-18(25)21-19(24-22-17)23-20-12-13-7-9-14(10-8-13)26(27)28/h3-10,12H,2,11H2,1H3,(H,21,23,24)/b20-12+. The highest BCUT2D eigenvalue weighted by atomic mass is 16.6. The van der Waals surface area contributed by atoms with Crippen LogP contribution >= 0.6 is 0 Å². The number of hydrazone groups is 1. The summed E-state index contributed by atoms with van der Waals surface area (Å²) in [4.78, 5) is 14.8. The SMILES string of the molecule is CCCn1c2ccccc2c2nnc(N/N=C/c3ccc([N+](=O)[O-])cc3)nc21. The van der Waals surface area contributed by atoms with Gasteiger partial charge in [-0.05, 0) is 30.2 Å². The molecule has 0 atom stereocenters. The fourth-order valence-electron chi connectivity index (χ4n) is 3.05. The molecule has 2 aromatic heterocycles. The van der Waals surface area contributed by atoms with Gasteiger partial charge in [0.05, 0.1) is 16.7 Å². The zero-order valence-electron chi connectivity index (χ0n) is 15.1. The first-order valence-electron chi connectivity index (χ1n) is 8.82. The van der Waals surface area contributed by atoms with Crippen LogP contribution in [-0.4, -0.2) is 30.9 Å². The van der Waals surface area contributed by atoms with Crippen molar-refractivity contribution < 1.29 is 4.92 Å². The third-order valence-corrected chi connectivity index (χ3v) is 4.30. The molecule has 0 saturated heterocycles. The van der Waals surface area contributed by atoms with Gasteiger partial charge in [0.15, 0.2) is 5.65 Å². The van der Waals surface area contributed by atoms with E-state index >= 15 is 0 Å². The summed E-state index contributed by atoms with van der Waals surface area (Å²) in [6.07, 6.45) is 2.51. The maximum atomic E-state index is 10.7. The van der Waals surface area contributed by atoms with E-state index in [-0.39, 0.29) is 11.6 Å². The van der Waals surface area contributed by atoms with Crippen LogP contribution in [0.1, 0.15) is 18.9 Å². The van der Waals surface area contributed by atoms with Crippen molar-refractivity contribution in [3.05, 3.63) is 64.2 Å². The molecule has 2 aromatic carbocycles. The molecule has 2 heterocycles. The van der Waals surface area contributed by atoms with E-state index in [4.69, 9.17) is 0 Å². The molecular formula is C19H17N7O2. The number of nitrogens with zero attached hydrogens (tertiary/aromatic N) is 6. The number of nitro benzene ring substituents is 1. The quantitative estimate of drug-likeness (QED) is 0.312. The Kier molecular flexibility index (Phi) is 4.63. The third kappa shape index (κ3) is 3.25. The highest BCUT2D eigenvalue weighted by Crippen LogP contribution is 2.26. The summed E-state index contributed by atoms with van der Waals surface area (Å²) >= 11 is 0. The summed E-state index contributed by atoms with van der Waals surface area (Å²) in [6, 6.07) is 14.1. The van der Waals surface area contributed by atoms with Crippen molar-refractivity contribution in [2.45, 2.75) is 19.9 Å². The molecule has 4 rings (SSSR count). The number of aryl methyl sites for hydroxylation is 1. The molecule has 140 valence electrons. The highest BCUT2D eigenvalue weighted by molar-refractivity contribution is 6.04.